The van der Waals surface area contributed by atoms with E-state index in [1.54, 1.807) is 13.0 Å². The fourth-order valence-electron chi connectivity index (χ4n) is 2.62. The average molecular weight is 398 g/mol. The van der Waals surface area contributed by atoms with E-state index in [0.717, 1.165) is 29.0 Å². The molecule has 3 rings (SSSR count). The summed E-state index contributed by atoms with van der Waals surface area (Å²) < 4.78 is 0. The molecule has 1 fully saturated rings. The van der Waals surface area contributed by atoms with E-state index in [4.69, 9.17) is 5.11 Å². The highest BCUT2D eigenvalue weighted by Gasteiger charge is 2.29. The fourth-order valence-corrected chi connectivity index (χ4v) is 3.55. The lowest BCUT2D eigenvalue weighted by atomic mass is 10.1. The number of carbonyl (C=O) groups is 3. The van der Waals surface area contributed by atoms with Gasteiger partial charge in [-0.1, -0.05) is 12.1 Å². The zero-order chi connectivity index (χ0) is 20.3. The van der Waals surface area contributed by atoms with Crippen molar-refractivity contribution in [3.63, 3.8) is 0 Å². The molecule has 3 N–H and O–H groups in total. The van der Waals surface area contributed by atoms with Crippen molar-refractivity contribution in [1.82, 2.24) is 0 Å². The van der Waals surface area contributed by atoms with Crippen LogP contribution in [0.5, 0.6) is 0 Å². The van der Waals surface area contributed by atoms with Gasteiger partial charge in [-0.25, -0.2) is 4.79 Å². The number of aryl methyl sites for hydroxylation is 1. The van der Waals surface area contributed by atoms with Crippen molar-refractivity contribution < 1.29 is 19.5 Å². The van der Waals surface area contributed by atoms with E-state index in [-0.39, 0.29) is 23.3 Å². The molecule has 0 aliphatic heterocycles. The Morgan fingerprint density at radius 2 is 1.86 bits per heavy atom. The van der Waals surface area contributed by atoms with Crippen molar-refractivity contribution in [3.8, 4) is 0 Å². The summed E-state index contributed by atoms with van der Waals surface area (Å²) in [6, 6.07) is 12.0. The highest BCUT2D eigenvalue weighted by atomic mass is 32.2. The molecule has 146 valence electrons. The second kappa shape index (κ2) is 8.48. The van der Waals surface area contributed by atoms with Crippen molar-refractivity contribution >= 4 is 40.9 Å². The van der Waals surface area contributed by atoms with E-state index in [9.17, 15) is 14.4 Å². The van der Waals surface area contributed by atoms with Crippen LogP contribution in [0.3, 0.4) is 0 Å². The lowest BCUT2D eigenvalue weighted by Gasteiger charge is -2.15. The Bertz CT molecular complexity index is 924. The predicted molar refractivity (Wildman–Crippen MR) is 110 cm³/mol. The molecule has 1 saturated carbocycles. The number of thioether (sulfide) groups is 1. The van der Waals surface area contributed by atoms with Crippen LogP contribution < -0.4 is 10.6 Å². The van der Waals surface area contributed by atoms with E-state index in [1.807, 2.05) is 31.2 Å². The van der Waals surface area contributed by atoms with Gasteiger partial charge in [0.1, 0.15) is 0 Å². The minimum atomic E-state index is -1.04. The van der Waals surface area contributed by atoms with Crippen LogP contribution >= 0.6 is 11.8 Å². The van der Waals surface area contributed by atoms with Gasteiger partial charge in [-0.15, -0.1) is 11.8 Å². The van der Waals surface area contributed by atoms with Crippen LogP contribution in [-0.4, -0.2) is 28.1 Å². The van der Waals surface area contributed by atoms with Gasteiger partial charge >= 0.3 is 5.97 Å². The second-order valence-corrected chi connectivity index (χ2v) is 8.29. The molecule has 0 bridgehead atoms. The molecular weight excluding hydrogens is 376 g/mol. The Labute approximate surface area is 167 Å². The maximum absolute atomic E-state index is 12.6. The van der Waals surface area contributed by atoms with E-state index in [2.05, 4.69) is 10.6 Å². The summed E-state index contributed by atoms with van der Waals surface area (Å²) >= 11 is 1.37. The van der Waals surface area contributed by atoms with Crippen LogP contribution in [0.2, 0.25) is 0 Å². The summed E-state index contributed by atoms with van der Waals surface area (Å²) in [6.07, 6.45) is 1.89. The number of amides is 2. The van der Waals surface area contributed by atoms with Crippen LogP contribution in [0, 0.1) is 12.8 Å². The van der Waals surface area contributed by atoms with Crippen molar-refractivity contribution in [1.29, 1.82) is 0 Å². The van der Waals surface area contributed by atoms with Gasteiger partial charge < -0.3 is 15.7 Å². The molecule has 0 aromatic heterocycles. The highest BCUT2D eigenvalue weighted by Crippen LogP contribution is 2.31. The number of nitrogens with one attached hydrogen (secondary N) is 2. The number of carboxylic acid groups (broad SMARTS) is 1. The molecule has 1 unspecified atom stereocenters. The van der Waals surface area contributed by atoms with Crippen LogP contribution in [0.1, 0.15) is 35.7 Å². The summed E-state index contributed by atoms with van der Waals surface area (Å²) in [5, 5.41) is 14.4. The maximum Gasteiger partial charge on any atom is 0.335 e. The predicted octanol–water partition coefficient (Wildman–Crippen LogP) is 4.16. The van der Waals surface area contributed by atoms with Gasteiger partial charge in [0.25, 0.3) is 0 Å². The van der Waals surface area contributed by atoms with Crippen LogP contribution in [0.4, 0.5) is 11.4 Å². The summed E-state index contributed by atoms with van der Waals surface area (Å²) in [7, 11) is 0. The molecule has 0 heterocycles. The molecule has 28 heavy (non-hydrogen) atoms. The zero-order valence-corrected chi connectivity index (χ0v) is 16.5. The minimum Gasteiger partial charge on any atom is -0.478 e. The molecule has 1 aliphatic rings. The summed E-state index contributed by atoms with van der Waals surface area (Å²) in [5.41, 5.74) is 2.13. The van der Waals surface area contributed by atoms with Crippen LogP contribution in [0.15, 0.2) is 47.4 Å². The quantitative estimate of drug-likeness (QED) is 0.609. The Hall–Kier alpha value is -2.80. The summed E-state index contributed by atoms with van der Waals surface area (Å²) in [5.74, 6) is -1.08. The van der Waals surface area contributed by atoms with Crippen molar-refractivity contribution in [2.24, 2.45) is 5.92 Å². The van der Waals surface area contributed by atoms with Crippen molar-refractivity contribution in [3.05, 3.63) is 53.6 Å². The normalized spacial score (nSPS) is 14.2. The van der Waals surface area contributed by atoms with Crippen molar-refractivity contribution in [2.75, 3.05) is 10.6 Å². The van der Waals surface area contributed by atoms with Crippen LogP contribution in [0.25, 0.3) is 0 Å². The third-order valence-electron chi connectivity index (χ3n) is 4.47. The lowest BCUT2D eigenvalue weighted by molar-refractivity contribution is -0.117. The highest BCUT2D eigenvalue weighted by molar-refractivity contribution is 8.00. The molecular formula is C21H22N2O4S. The number of carboxylic acids is 1. The third kappa shape index (κ3) is 5.13. The van der Waals surface area contributed by atoms with Gasteiger partial charge in [0.2, 0.25) is 11.8 Å². The molecule has 0 spiro atoms. The number of aromatic carboxylic acids is 1. The molecule has 6 nitrogen and oxygen atoms in total. The minimum absolute atomic E-state index is 0.0433. The zero-order valence-electron chi connectivity index (χ0n) is 15.7. The average Bonchev–Trinajstić information content (AvgIpc) is 3.48. The first-order valence-electron chi connectivity index (χ1n) is 9.06. The molecule has 2 aromatic carbocycles. The first-order chi connectivity index (χ1) is 13.3. The molecule has 2 aromatic rings. The lowest BCUT2D eigenvalue weighted by Crippen LogP contribution is -2.23. The smallest absolute Gasteiger partial charge is 0.335 e. The monoisotopic (exact) mass is 398 g/mol. The van der Waals surface area contributed by atoms with E-state index in [1.165, 1.54) is 23.9 Å². The number of benzene rings is 2. The number of carbonyl (C=O) groups excluding carboxylic acids is 2. The number of anilines is 2. The number of hydrogen-bond donors (Lipinski definition) is 3. The van der Waals surface area contributed by atoms with Gasteiger partial charge in [-0.05, 0) is 62.6 Å². The van der Waals surface area contributed by atoms with Gasteiger partial charge in [-0.3, -0.25) is 9.59 Å². The fraction of sp³-hybridized carbons (Fsp3) is 0.286. The molecule has 1 atom stereocenters. The second-order valence-electron chi connectivity index (χ2n) is 6.88. The topological polar surface area (TPSA) is 95.5 Å². The van der Waals surface area contributed by atoms with E-state index < -0.39 is 11.2 Å². The maximum atomic E-state index is 12.6. The molecule has 0 radical (unpaired) electrons. The Morgan fingerprint density at radius 3 is 2.54 bits per heavy atom. The molecule has 0 saturated heterocycles. The Morgan fingerprint density at radius 1 is 1.11 bits per heavy atom. The summed E-state index contributed by atoms with van der Waals surface area (Å²) in [4.78, 5) is 36.5. The Balaban J connectivity index is 1.63. The molecule has 2 amide bonds. The molecule has 7 heteroatoms. The molecule has 1 aliphatic carbocycles. The Kier molecular flexibility index (Phi) is 6.04. The van der Waals surface area contributed by atoms with Gasteiger partial charge in [0.15, 0.2) is 0 Å². The van der Waals surface area contributed by atoms with E-state index in [0.29, 0.717) is 5.69 Å². The first kappa shape index (κ1) is 19.9. The van der Waals surface area contributed by atoms with Gasteiger partial charge in [0.05, 0.1) is 10.8 Å². The number of hydrogen-bond acceptors (Lipinski definition) is 4. The largest absolute Gasteiger partial charge is 0.478 e. The number of rotatable bonds is 7. The van der Waals surface area contributed by atoms with Crippen LogP contribution in [-0.2, 0) is 9.59 Å². The SMILES string of the molecule is Cc1ccc(C(=O)O)cc1NC(=O)C(C)Sc1cccc(NC(=O)C2CC2)c1. The van der Waals surface area contributed by atoms with E-state index >= 15 is 0 Å². The van der Waals surface area contributed by atoms with Crippen molar-refractivity contribution in [2.45, 2.75) is 36.8 Å². The van der Waals surface area contributed by atoms with Gasteiger partial charge in [0, 0.05) is 22.2 Å². The standard InChI is InChI=1S/C21H22N2O4S/c1-12-6-7-15(21(26)27)10-18(12)23-19(24)13(2)28-17-5-3-4-16(11-17)22-20(25)14-8-9-14/h3-7,10-11,13-14H,8-9H2,1-2H3,(H,22,25)(H,23,24)(H,26,27). The van der Waals surface area contributed by atoms with Gasteiger partial charge in [-0.2, -0.15) is 0 Å². The first-order valence-corrected chi connectivity index (χ1v) is 9.94. The third-order valence-corrected chi connectivity index (χ3v) is 5.57. The summed E-state index contributed by atoms with van der Waals surface area (Å²) in [6.45, 7) is 3.59.